The van der Waals surface area contributed by atoms with Crippen molar-refractivity contribution in [3.63, 3.8) is 0 Å². The highest BCUT2D eigenvalue weighted by Crippen LogP contribution is 2.34. The molecule has 0 fully saturated rings. The first-order chi connectivity index (χ1) is 8.23. The molecule has 1 heterocycles. The normalized spacial score (nSPS) is 12.9. The Morgan fingerprint density at radius 2 is 1.78 bits per heavy atom. The standard InChI is InChI=1S/C11H20N3OP.C2H6/c1-8(14(2)3)9-6-7-10(13-11(9)12)16(4,5)15;1-2/h6-8H,1-5H3,(H2,12,13);1-2H3. The SMILES string of the molecule is CC.CC(c1ccc(P(C)(C)=O)nc1N)N(C)C. The maximum absolute atomic E-state index is 11.9. The van der Waals surface area contributed by atoms with Crippen molar-refractivity contribution >= 4 is 18.4 Å². The molecule has 0 bridgehead atoms. The predicted octanol–water partition coefficient (Wildman–Crippen LogP) is 2.56. The largest absolute Gasteiger partial charge is 0.383 e. The molecule has 1 atom stereocenters. The Morgan fingerprint density at radius 3 is 2.11 bits per heavy atom. The number of nitrogen functional groups attached to an aromatic ring is 1. The minimum absolute atomic E-state index is 0.203. The van der Waals surface area contributed by atoms with Crippen LogP contribution in [0.15, 0.2) is 12.1 Å². The van der Waals surface area contributed by atoms with E-state index in [0.29, 0.717) is 11.3 Å². The van der Waals surface area contributed by atoms with E-state index >= 15 is 0 Å². The van der Waals surface area contributed by atoms with Crippen molar-refractivity contribution < 1.29 is 4.57 Å². The van der Waals surface area contributed by atoms with Crippen LogP contribution < -0.4 is 11.2 Å². The summed E-state index contributed by atoms with van der Waals surface area (Å²) in [5.41, 5.74) is 7.47. The lowest BCUT2D eigenvalue weighted by Crippen LogP contribution is -2.20. The van der Waals surface area contributed by atoms with Crippen molar-refractivity contribution in [3.05, 3.63) is 17.7 Å². The topological polar surface area (TPSA) is 59.2 Å². The fourth-order valence-electron chi connectivity index (χ4n) is 1.41. The van der Waals surface area contributed by atoms with Crippen LogP contribution in [0, 0.1) is 0 Å². The molecule has 5 heteroatoms. The number of anilines is 1. The quantitative estimate of drug-likeness (QED) is 0.858. The molecule has 4 nitrogen and oxygen atoms in total. The first-order valence-electron chi connectivity index (χ1n) is 6.22. The molecule has 0 spiro atoms. The third-order valence-electron chi connectivity index (χ3n) is 2.72. The molecule has 0 aliphatic rings. The van der Waals surface area contributed by atoms with Gasteiger partial charge in [0.25, 0.3) is 0 Å². The summed E-state index contributed by atoms with van der Waals surface area (Å²) in [4.78, 5) is 6.30. The molecular weight excluding hydrogens is 245 g/mol. The molecule has 0 saturated carbocycles. The Hall–Kier alpha value is -0.860. The van der Waals surface area contributed by atoms with Crippen LogP contribution in [0.4, 0.5) is 5.82 Å². The van der Waals surface area contributed by atoms with E-state index in [1.165, 1.54) is 0 Å². The van der Waals surface area contributed by atoms with Gasteiger partial charge in [-0.3, -0.25) is 0 Å². The zero-order valence-corrected chi connectivity index (χ0v) is 13.5. The van der Waals surface area contributed by atoms with Gasteiger partial charge < -0.3 is 15.2 Å². The van der Waals surface area contributed by atoms with Gasteiger partial charge in [0, 0.05) is 11.6 Å². The van der Waals surface area contributed by atoms with Crippen molar-refractivity contribution in [1.29, 1.82) is 0 Å². The van der Waals surface area contributed by atoms with E-state index < -0.39 is 7.14 Å². The van der Waals surface area contributed by atoms with E-state index in [1.807, 2.05) is 40.1 Å². The summed E-state index contributed by atoms with van der Waals surface area (Å²) in [6.45, 7) is 9.46. The third-order valence-corrected chi connectivity index (χ3v) is 4.07. The molecule has 0 aliphatic carbocycles. The van der Waals surface area contributed by atoms with Crippen molar-refractivity contribution in [2.24, 2.45) is 0 Å². The van der Waals surface area contributed by atoms with E-state index in [4.69, 9.17) is 5.73 Å². The third kappa shape index (κ3) is 4.43. The van der Waals surface area contributed by atoms with Gasteiger partial charge in [-0.1, -0.05) is 19.9 Å². The smallest absolute Gasteiger partial charge is 0.129 e. The van der Waals surface area contributed by atoms with Gasteiger partial charge in [0.1, 0.15) is 18.4 Å². The first-order valence-corrected chi connectivity index (χ1v) is 8.82. The average molecular weight is 271 g/mol. The number of rotatable bonds is 3. The molecule has 0 radical (unpaired) electrons. The molecule has 18 heavy (non-hydrogen) atoms. The van der Waals surface area contributed by atoms with Crippen LogP contribution >= 0.6 is 7.14 Å². The first kappa shape index (κ1) is 17.1. The van der Waals surface area contributed by atoms with Gasteiger partial charge in [-0.2, -0.15) is 0 Å². The molecule has 104 valence electrons. The summed E-state index contributed by atoms with van der Waals surface area (Å²) in [5, 5.41) is 0. The molecule has 0 aromatic carbocycles. The maximum Gasteiger partial charge on any atom is 0.129 e. The lowest BCUT2D eigenvalue weighted by Gasteiger charge is -2.21. The summed E-state index contributed by atoms with van der Waals surface area (Å²) in [6.07, 6.45) is 0. The van der Waals surface area contributed by atoms with E-state index in [9.17, 15) is 4.57 Å². The van der Waals surface area contributed by atoms with Crippen LogP contribution in [0.3, 0.4) is 0 Å². The molecule has 1 rings (SSSR count). The Kier molecular flexibility index (Phi) is 6.58. The van der Waals surface area contributed by atoms with Crippen LogP contribution in [0.5, 0.6) is 0 Å². The second-order valence-corrected chi connectivity index (χ2v) is 7.79. The zero-order chi connectivity index (χ0) is 14.5. The van der Waals surface area contributed by atoms with Gasteiger partial charge in [-0.05, 0) is 40.4 Å². The highest BCUT2D eigenvalue weighted by molar-refractivity contribution is 7.69. The second kappa shape index (κ2) is 6.91. The number of aromatic nitrogens is 1. The van der Waals surface area contributed by atoms with Crippen molar-refractivity contribution in [1.82, 2.24) is 9.88 Å². The van der Waals surface area contributed by atoms with E-state index in [2.05, 4.69) is 16.8 Å². The summed E-state index contributed by atoms with van der Waals surface area (Å²) >= 11 is 0. The Labute approximate surface area is 111 Å². The maximum atomic E-state index is 11.9. The number of nitrogens with two attached hydrogens (primary N) is 1. The average Bonchev–Trinajstić information content (AvgIpc) is 2.29. The van der Waals surface area contributed by atoms with Gasteiger partial charge in [0.05, 0.1) is 0 Å². The number of pyridine rings is 1. The fraction of sp³-hybridized carbons (Fsp3) is 0.615. The predicted molar refractivity (Wildman–Crippen MR) is 81.2 cm³/mol. The summed E-state index contributed by atoms with van der Waals surface area (Å²) in [6, 6.07) is 3.93. The summed E-state index contributed by atoms with van der Waals surface area (Å²) in [7, 11) is 1.65. The van der Waals surface area contributed by atoms with Gasteiger partial charge in [-0.25, -0.2) is 4.98 Å². The minimum atomic E-state index is -2.32. The Morgan fingerprint density at radius 1 is 1.28 bits per heavy atom. The van der Waals surface area contributed by atoms with Crippen LogP contribution in [0.25, 0.3) is 0 Å². The molecule has 0 amide bonds. The van der Waals surface area contributed by atoms with E-state index in [-0.39, 0.29) is 6.04 Å². The highest BCUT2D eigenvalue weighted by Gasteiger charge is 2.17. The second-order valence-electron chi connectivity index (χ2n) is 4.63. The molecule has 1 aromatic rings. The van der Waals surface area contributed by atoms with Crippen LogP contribution in [0.2, 0.25) is 0 Å². The molecule has 2 N–H and O–H groups in total. The van der Waals surface area contributed by atoms with Crippen molar-refractivity contribution in [3.8, 4) is 0 Å². The van der Waals surface area contributed by atoms with Crippen LogP contribution in [-0.2, 0) is 4.57 Å². The number of nitrogens with zero attached hydrogens (tertiary/aromatic N) is 2. The zero-order valence-electron chi connectivity index (χ0n) is 12.6. The van der Waals surface area contributed by atoms with Gasteiger partial charge >= 0.3 is 0 Å². The van der Waals surface area contributed by atoms with Gasteiger partial charge in [0.15, 0.2) is 0 Å². The summed E-state index contributed by atoms with van der Waals surface area (Å²) < 4.78 is 11.9. The van der Waals surface area contributed by atoms with E-state index in [1.54, 1.807) is 13.3 Å². The van der Waals surface area contributed by atoms with Crippen molar-refractivity contribution in [2.75, 3.05) is 33.2 Å². The van der Waals surface area contributed by atoms with E-state index in [0.717, 1.165) is 5.56 Å². The number of hydrogen-bond acceptors (Lipinski definition) is 4. The van der Waals surface area contributed by atoms with Crippen LogP contribution in [-0.4, -0.2) is 37.3 Å². The minimum Gasteiger partial charge on any atom is -0.383 e. The monoisotopic (exact) mass is 271 g/mol. The highest BCUT2D eigenvalue weighted by atomic mass is 31.2. The molecule has 1 aromatic heterocycles. The van der Waals surface area contributed by atoms with Gasteiger partial charge in [-0.15, -0.1) is 0 Å². The molecule has 1 unspecified atom stereocenters. The molecule has 0 saturated heterocycles. The Bertz CT molecular complexity index is 426. The van der Waals surface area contributed by atoms with Crippen molar-refractivity contribution in [2.45, 2.75) is 26.8 Å². The van der Waals surface area contributed by atoms with Crippen LogP contribution in [0.1, 0.15) is 32.4 Å². The number of hydrogen-bond donors (Lipinski definition) is 1. The Balaban J connectivity index is 0.00000137. The summed E-state index contributed by atoms with van der Waals surface area (Å²) in [5.74, 6) is 0.475. The lowest BCUT2D eigenvalue weighted by atomic mass is 10.1. The molecule has 0 aliphatic heterocycles. The van der Waals surface area contributed by atoms with Gasteiger partial charge in [0.2, 0.25) is 0 Å². The lowest BCUT2D eigenvalue weighted by molar-refractivity contribution is 0.321. The molecular formula is C13H26N3OP. The fourth-order valence-corrected chi connectivity index (χ4v) is 2.19.